The molecule has 0 saturated carbocycles. The minimum atomic E-state index is -6.03. The molecule has 5 nitrogen and oxygen atoms in total. The summed E-state index contributed by atoms with van der Waals surface area (Å²) in [5.74, 6) is 2.14. The Balaban J connectivity index is 2.45. The van der Waals surface area contributed by atoms with Crippen LogP contribution >= 0.6 is 0 Å². The lowest BCUT2D eigenvalue weighted by Crippen LogP contribution is -2.55. The second-order valence-corrected chi connectivity index (χ2v) is 9.32. The molecule has 1 atom stereocenters. The number of carboxylic acids is 1. The van der Waals surface area contributed by atoms with Gasteiger partial charge in [0.25, 0.3) is 0 Å². The highest BCUT2D eigenvalue weighted by Gasteiger charge is 2.70. The van der Waals surface area contributed by atoms with Crippen LogP contribution in [0.15, 0.2) is 36.4 Å². The highest BCUT2D eigenvalue weighted by Crippen LogP contribution is 2.43. The Morgan fingerprint density at radius 1 is 0.923 bits per heavy atom. The van der Waals surface area contributed by atoms with Crippen LogP contribution in [0.2, 0.25) is 0 Å². The molecule has 2 aromatic rings. The van der Waals surface area contributed by atoms with Crippen molar-refractivity contribution in [3.8, 4) is 17.6 Å². The molecule has 0 fully saturated rings. The van der Waals surface area contributed by atoms with Crippen molar-refractivity contribution in [3.05, 3.63) is 64.2 Å². The van der Waals surface area contributed by atoms with Crippen LogP contribution in [-0.4, -0.2) is 52.0 Å². The lowest BCUT2D eigenvalue weighted by molar-refractivity contribution is -0.343. The molecule has 11 heteroatoms. The molecule has 0 amide bonds. The lowest BCUT2D eigenvalue weighted by Gasteiger charge is -2.34. The van der Waals surface area contributed by atoms with Crippen molar-refractivity contribution < 1.29 is 51.2 Å². The van der Waals surface area contributed by atoms with Crippen molar-refractivity contribution in [2.45, 2.75) is 76.4 Å². The van der Waals surface area contributed by atoms with E-state index < -0.39 is 41.9 Å². The molecule has 2 aromatic carbocycles. The number of aliphatic hydroxyl groups is 2. The minimum Gasteiger partial charge on any atom is -0.491 e. The zero-order valence-corrected chi connectivity index (χ0v) is 21.8. The van der Waals surface area contributed by atoms with Crippen molar-refractivity contribution in [2.75, 3.05) is 6.61 Å². The number of alkyl halides is 6. The highest BCUT2D eigenvalue weighted by molar-refractivity contribution is 5.67. The van der Waals surface area contributed by atoms with Gasteiger partial charge >= 0.3 is 23.9 Å². The fraction of sp³-hybridized carbons (Fsp3) is 0.464. The van der Waals surface area contributed by atoms with Crippen LogP contribution in [0.1, 0.15) is 60.9 Å². The number of halogens is 6. The molecule has 0 heterocycles. The van der Waals surface area contributed by atoms with E-state index in [4.69, 9.17) is 9.84 Å². The Kier molecular flexibility index (Phi) is 9.74. The van der Waals surface area contributed by atoms with Gasteiger partial charge in [0.2, 0.25) is 0 Å². The number of ether oxygens (including phenoxy) is 1. The first kappa shape index (κ1) is 32.0. The Morgan fingerprint density at radius 3 is 1.87 bits per heavy atom. The normalized spacial score (nSPS) is 13.4. The number of aliphatic carboxylic acids is 1. The summed E-state index contributed by atoms with van der Waals surface area (Å²) in [5, 5.41) is 27.8. The SMILES string of the molecule is CCC(CC)(c1ccc(C#CC(O)(C(F)(F)F)C(F)(F)F)c(C)c1)c1ccc(OCC(O)CC(=O)O)c(C)c1. The number of hydrogen-bond donors (Lipinski definition) is 3. The Labute approximate surface area is 222 Å². The third kappa shape index (κ3) is 6.86. The summed E-state index contributed by atoms with van der Waals surface area (Å²) in [6.45, 7) is 6.97. The summed E-state index contributed by atoms with van der Waals surface area (Å²) in [5.41, 5.74) is -3.12. The summed E-state index contributed by atoms with van der Waals surface area (Å²) in [7, 11) is 0. The fourth-order valence-electron chi connectivity index (χ4n) is 4.35. The molecule has 0 saturated heterocycles. The highest BCUT2D eigenvalue weighted by atomic mass is 19.4. The van der Waals surface area contributed by atoms with Crippen LogP contribution in [0, 0.1) is 25.7 Å². The molecular formula is C28H30F6O5. The third-order valence-corrected chi connectivity index (χ3v) is 6.75. The van der Waals surface area contributed by atoms with Crippen LogP contribution in [0.25, 0.3) is 0 Å². The van der Waals surface area contributed by atoms with Gasteiger partial charge in [-0.15, -0.1) is 0 Å². The average Bonchev–Trinajstić information content (AvgIpc) is 2.82. The van der Waals surface area contributed by atoms with E-state index in [2.05, 4.69) is 0 Å². The smallest absolute Gasteiger partial charge is 0.438 e. The minimum absolute atomic E-state index is 0.0911. The zero-order valence-electron chi connectivity index (χ0n) is 21.8. The molecule has 214 valence electrons. The van der Waals surface area contributed by atoms with Gasteiger partial charge in [-0.3, -0.25) is 4.79 Å². The van der Waals surface area contributed by atoms with E-state index in [1.807, 2.05) is 31.9 Å². The van der Waals surface area contributed by atoms with Crippen LogP contribution in [-0.2, 0) is 10.2 Å². The molecule has 2 rings (SSSR count). The predicted molar refractivity (Wildman–Crippen MR) is 131 cm³/mol. The number of carboxylic acid groups (broad SMARTS) is 1. The van der Waals surface area contributed by atoms with Gasteiger partial charge in [0.15, 0.2) is 0 Å². The summed E-state index contributed by atoms with van der Waals surface area (Å²) in [6, 6.07) is 9.96. The van der Waals surface area contributed by atoms with Crippen molar-refractivity contribution in [1.29, 1.82) is 0 Å². The average molecular weight is 561 g/mol. The molecule has 0 aromatic heterocycles. The van der Waals surface area contributed by atoms with Crippen molar-refractivity contribution in [1.82, 2.24) is 0 Å². The maximum absolute atomic E-state index is 13.0. The summed E-state index contributed by atoms with van der Waals surface area (Å²) in [4.78, 5) is 10.7. The van der Waals surface area contributed by atoms with E-state index in [9.17, 15) is 41.4 Å². The topological polar surface area (TPSA) is 87.0 Å². The summed E-state index contributed by atoms with van der Waals surface area (Å²) in [6.07, 6.45) is -12.5. The maximum Gasteiger partial charge on any atom is 0.438 e. The van der Waals surface area contributed by atoms with Crippen molar-refractivity contribution in [3.63, 3.8) is 0 Å². The summed E-state index contributed by atoms with van der Waals surface area (Å²) >= 11 is 0. The van der Waals surface area contributed by atoms with E-state index in [0.717, 1.165) is 22.6 Å². The Morgan fingerprint density at radius 2 is 1.44 bits per heavy atom. The number of benzene rings is 2. The maximum atomic E-state index is 13.0. The largest absolute Gasteiger partial charge is 0.491 e. The molecule has 39 heavy (non-hydrogen) atoms. The van der Waals surface area contributed by atoms with Crippen molar-refractivity contribution in [2.24, 2.45) is 0 Å². The number of aryl methyl sites for hydroxylation is 2. The number of rotatable bonds is 9. The molecule has 3 N–H and O–H groups in total. The van der Waals surface area contributed by atoms with Gasteiger partial charge < -0.3 is 20.1 Å². The van der Waals surface area contributed by atoms with E-state index in [-0.39, 0.29) is 12.2 Å². The first-order valence-electron chi connectivity index (χ1n) is 12.1. The Bertz CT molecular complexity index is 1220. The van der Waals surface area contributed by atoms with Gasteiger partial charge in [0.1, 0.15) is 12.4 Å². The monoisotopic (exact) mass is 560 g/mol. The molecular weight excluding hydrogens is 530 g/mol. The number of aliphatic hydroxyl groups excluding tert-OH is 1. The second-order valence-electron chi connectivity index (χ2n) is 9.32. The van der Waals surface area contributed by atoms with Gasteiger partial charge in [0.05, 0.1) is 12.5 Å². The molecule has 0 aliphatic heterocycles. The van der Waals surface area contributed by atoms with Gasteiger partial charge in [0, 0.05) is 11.0 Å². The second kappa shape index (κ2) is 11.9. The van der Waals surface area contributed by atoms with Gasteiger partial charge in [-0.2, -0.15) is 26.3 Å². The van der Waals surface area contributed by atoms with Gasteiger partial charge in [-0.05, 0) is 67.0 Å². The number of hydrogen-bond acceptors (Lipinski definition) is 4. The molecule has 0 aliphatic rings. The molecule has 0 radical (unpaired) electrons. The van der Waals surface area contributed by atoms with E-state index in [0.29, 0.717) is 24.2 Å². The van der Waals surface area contributed by atoms with Crippen LogP contribution in [0.5, 0.6) is 5.75 Å². The van der Waals surface area contributed by atoms with E-state index in [1.54, 1.807) is 25.1 Å². The molecule has 0 bridgehead atoms. The van der Waals surface area contributed by atoms with Crippen molar-refractivity contribution >= 4 is 5.97 Å². The molecule has 0 aliphatic carbocycles. The first-order chi connectivity index (χ1) is 17.9. The first-order valence-corrected chi connectivity index (χ1v) is 12.1. The van der Waals surface area contributed by atoms with Crippen LogP contribution in [0.3, 0.4) is 0 Å². The van der Waals surface area contributed by atoms with E-state index in [1.165, 1.54) is 13.0 Å². The van der Waals surface area contributed by atoms with Gasteiger partial charge in [-0.25, -0.2) is 0 Å². The van der Waals surface area contributed by atoms with Crippen LogP contribution < -0.4 is 4.74 Å². The molecule has 0 spiro atoms. The zero-order chi connectivity index (χ0) is 29.8. The molecule has 1 unspecified atom stereocenters. The van der Waals surface area contributed by atoms with Crippen LogP contribution in [0.4, 0.5) is 26.3 Å². The third-order valence-electron chi connectivity index (χ3n) is 6.75. The lowest BCUT2D eigenvalue weighted by atomic mass is 9.70. The summed E-state index contributed by atoms with van der Waals surface area (Å²) < 4.78 is 83.5. The number of carbonyl (C=O) groups is 1. The van der Waals surface area contributed by atoms with Gasteiger partial charge in [-0.1, -0.05) is 44.0 Å². The Hall–Kier alpha value is -3.23. The van der Waals surface area contributed by atoms with E-state index >= 15 is 0 Å². The fourth-order valence-corrected chi connectivity index (χ4v) is 4.35. The predicted octanol–water partition coefficient (Wildman–Crippen LogP) is 5.83. The quantitative estimate of drug-likeness (QED) is 0.265. The standard InChI is InChI=1S/C28H30F6O5/c1-5-25(6-2,21-9-10-23(18(4)14-21)39-16-22(35)15-24(36)37)20-8-7-19(17(3)13-20)11-12-26(38,27(29,30)31)28(32,33)34/h7-10,13-14,22,35,38H,5-6,15-16H2,1-4H3,(H,36,37).